The maximum atomic E-state index is 11.5. The molecular weight excluding hydrogens is 178 g/mol. The van der Waals surface area contributed by atoms with E-state index in [0.29, 0.717) is 0 Å². The Kier molecular flexibility index (Phi) is 2.43. The number of amides is 1. The molecule has 0 aliphatic carbocycles. The van der Waals surface area contributed by atoms with E-state index in [9.17, 15) is 9.90 Å². The van der Waals surface area contributed by atoms with Crippen LogP contribution in [0.25, 0.3) is 0 Å². The van der Waals surface area contributed by atoms with Crippen molar-refractivity contribution in [3.8, 4) is 0 Å². The molecule has 0 saturated carbocycles. The van der Waals surface area contributed by atoms with Crippen LogP contribution in [-0.2, 0) is 4.79 Å². The van der Waals surface area contributed by atoms with Crippen molar-refractivity contribution in [2.45, 2.75) is 59.2 Å². The molecule has 1 saturated heterocycles. The highest BCUT2D eigenvalue weighted by Crippen LogP contribution is 2.39. The molecule has 1 amide bonds. The van der Waals surface area contributed by atoms with Crippen molar-refractivity contribution in [2.75, 3.05) is 0 Å². The van der Waals surface area contributed by atoms with E-state index in [4.69, 9.17) is 0 Å². The molecule has 14 heavy (non-hydrogen) atoms. The molecule has 1 fully saturated rings. The van der Waals surface area contributed by atoms with Gasteiger partial charge in [-0.25, -0.2) is 0 Å². The zero-order chi connectivity index (χ0) is 11.3. The smallest absolute Gasteiger partial charge is 0.254 e. The Hall–Kier alpha value is -0.570. The van der Waals surface area contributed by atoms with Gasteiger partial charge in [-0.15, -0.1) is 0 Å². The number of hydrogen-bond donors (Lipinski definition) is 1. The molecule has 82 valence electrons. The first-order valence-electron chi connectivity index (χ1n) is 5.08. The summed E-state index contributed by atoms with van der Waals surface area (Å²) in [4.78, 5) is 13.3. The van der Waals surface area contributed by atoms with Crippen LogP contribution in [0.2, 0.25) is 0 Å². The van der Waals surface area contributed by atoms with E-state index in [1.807, 2.05) is 41.5 Å². The van der Waals surface area contributed by atoms with Gasteiger partial charge >= 0.3 is 0 Å². The van der Waals surface area contributed by atoms with Gasteiger partial charge in [0.25, 0.3) is 5.91 Å². The lowest BCUT2D eigenvalue weighted by molar-refractivity contribution is -0.188. The Balaban J connectivity index is 2.92. The number of nitrogens with zero attached hydrogens (tertiary/aromatic N) is 1. The zero-order valence-corrected chi connectivity index (χ0v) is 9.96. The average molecular weight is 199 g/mol. The number of β-lactam (4-membered cyclic amide) rings is 1. The minimum absolute atomic E-state index is 0.0602. The van der Waals surface area contributed by atoms with Gasteiger partial charge in [-0.2, -0.15) is 0 Å². The van der Waals surface area contributed by atoms with Crippen LogP contribution in [0.3, 0.4) is 0 Å². The number of likely N-dealkylation sites (tertiary alicyclic amines) is 1. The fraction of sp³-hybridized carbons (Fsp3) is 0.909. The quantitative estimate of drug-likeness (QED) is 0.599. The molecule has 0 spiro atoms. The second kappa shape index (κ2) is 2.96. The predicted octanol–water partition coefficient (Wildman–Crippen LogP) is 1.40. The van der Waals surface area contributed by atoms with Gasteiger partial charge in [0, 0.05) is 5.54 Å². The number of aliphatic hydroxyl groups is 1. The molecule has 3 heteroatoms. The monoisotopic (exact) mass is 199 g/mol. The Morgan fingerprint density at radius 1 is 1.14 bits per heavy atom. The molecule has 1 aliphatic rings. The number of aliphatic hydroxyl groups excluding tert-OH is 1. The molecule has 1 N–H and O–H groups in total. The first kappa shape index (κ1) is 11.5. The molecule has 2 atom stereocenters. The normalized spacial score (nSPS) is 29.1. The van der Waals surface area contributed by atoms with E-state index < -0.39 is 6.10 Å². The molecule has 3 nitrogen and oxygen atoms in total. The van der Waals surface area contributed by atoms with E-state index in [1.165, 1.54) is 0 Å². The van der Waals surface area contributed by atoms with Crippen LogP contribution >= 0.6 is 0 Å². The molecule has 0 aromatic rings. The summed E-state index contributed by atoms with van der Waals surface area (Å²) < 4.78 is 0. The highest BCUT2D eigenvalue weighted by molar-refractivity contribution is 5.89. The van der Waals surface area contributed by atoms with Gasteiger partial charge in [0.15, 0.2) is 6.10 Å². The predicted molar refractivity (Wildman–Crippen MR) is 55.8 cm³/mol. The molecule has 1 heterocycles. The molecule has 0 unspecified atom stereocenters. The van der Waals surface area contributed by atoms with E-state index >= 15 is 0 Å². The summed E-state index contributed by atoms with van der Waals surface area (Å²) in [5.41, 5.74) is -0.269. The van der Waals surface area contributed by atoms with E-state index in [0.717, 1.165) is 0 Å². The highest BCUT2D eigenvalue weighted by atomic mass is 16.3. The van der Waals surface area contributed by atoms with Crippen LogP contribution in [0.5, 0.6) is 0 Å². The van der Waals surface area contributed by atoms with Gasteiger partial charge in [-0.3, -0.25) is 4.79 Å². The van der Waals surface area contributed by atoms with Gasteiger partial charge in [-0.1, -0.05) is 20.8 Å². The first-order chi connectivity index (χ1) is 6.07. The summed E-state index contributed by atoms with van der Waals surface area (Å²) in [6, 6.07) is -0.0602. The minimum atomic E-state index is -0.811. The van der Waals surface area contributed by atoms with Crippen molar-refractivity contribution in [1.82, 2.24) is 4.90 Å². The van der Waals surface area contributed by atoms with Crippen molar-refractivity contribution < 1.29 is 9.90 Å². The van der Waals surface area contributed by atoms with Crippen LogP contribution in [0.4, 0.5) is 0 Å². The van der Waals surface area contributed by atoms with Crippen molar-refractivity contribution in [3.05, 3.63) is 0 Å². The summed E-state index contributed by atoms with van der Waals surface area (Å²) in [5, 5.41) is 9.65. The Labute approximate surface area is 86.1 Å². The van der Waals surface area contributed by atoms with Gasteiger partial charge in [0.2, 0.25) is 0 Å². The van der Waals surface area contributed by atoms with Crippen molar-refractivity contribution in [2.24, 2.45) is 5.41 Å². The number of carbonyl (C=O) groups excluding carboxylic acids is 1. The van der Waals surface area contributed by atoms with Crippen LogP contribution in [0.15, 0.2) is 0 Å². The van der Waals surface area contributed by atoms with Crippen LogP contribution in [0, 0.1) is 5.41 Å². The molecule has 1 rings (SSSR count). The van der Waals surface area contributed by atoms with Crippen LogP contribution in [0.1, 0.15) is 41.5 Å². The molecule has 0 aromatic heterocycles. The van der Waals surface area contributed by atoms with E-state index in [2.05, 4.69) is 0 Å². The first-order valence-corrected chi connectivity index (χ1v) is 5.08. The Morgan fingerprint density at radius 2 is 1.57 bits per heavy atom. The molecular formula is C11H21NO2. The highest BCUT2D eigenvalue weighted by Gasteiger charge is 2.55. The summed E-state index contributed by atoms with van der Waals surface area (Å²) in [5.74, 6) is -0.141. The number of carbonyl (C=O) groups is 1. The summed E-state index contributed by atoms with van der Waals surface area (Å²) in [6.45, 7) is 12.1. The van der Waals surface area contributed by atoms with Gasteiger partial charge in [-0.05, 0) is 26.2 Å². The third kappa shape index (κ3) is 1.65. The van der Waals surface area contributed by atoms with Gasteiger partial charge in [0.05, 0.1) is 6.04 Å². The largest absolute Gasteiger partial charge is 0.381 e. The lowest BCUT2D eigenvalue weighted by atomic mass is 9.74. The standard InChI is InChI=1S/C11H21NO2/c1-10(2,3)8-7(13)9(14)12(8)11(4,5)6/h7-8,13H,1-6H3/t7-,8-/m1/s1. The molecule has 0 aromatic carbocycles. The van der Waals surface area contributed by atoms with Crippen molar-refractivity contribution in [1.29, 1.82) is 0 Å². The van der Waals surface area contributed by atoms with E-state index in [-0.39, 0.29) is 22.9 Å². The zero-order valence-electron chi connectivity index (χ0n) is 9.96. The summed E-state index contributed by atoms with van der Waals surface area (Å²) >= 11 is 0. The Morgan fingerprint density at radius 3 is 1.79 bits per heavy atom. The van der Waals surface area contributed by atoms with Crippen LogP contribution < -0.4 is 0 Å². The fourth-order valence-corrected chi connectivity index (χ4v) is 2.08. The average Bonchev–Trinajstić information content (AvgIpc) is 1.93. The third-order valence-electron chi connectivity index (χ3n) is 2.68. The van der Waals surface area contributed by atoms with Crippen molar-refractivity contribution in [3.63, 3.8) is 0 Å². The lowest BCUT2D eigenvalue weighted by Crippen LogP contribution is -2.73. The van der Waals surface area contributed by atoms with E-state index in [1.54, 1.807) is 4.90 Å². The third-order valence-corrected chi connectivity index (χ3v) is 2.68. The maximum Gasteiger partial charge on any atom is 0.254 e. The number of hydrogen-bond acceptors (Lipinski definition) is 2. The van der Waals surface area contributed by atoms with Gasteiger partial charge < -0.3 is 10.0 Å². The summed E-state index contributed by atoms with van der Waals surface area (Å²) in [6.07, 6.45) is -0.811. The van der Waals surface area contributed by atoms with Gasteiger partial charge in [0.1, 0.15) is 0 Å². The molecule has 0 bridgehead atoms. The maximum absolute atomic E-state index is 11.5. The second-order valence-corrected chi connectivity index (χ2v) is 6.13. The lowest BCUT2D eigenvalue weighted by Gasteiger charge is -2.56. The Bertz CT molecular complexity index is 247. The van der Waals surface area contributed by atoms with Crippen molar-refractivity contribution >= 4 is 5.91 Å². The second-order valence-electron chi connectivity index (χ2n) is 6.13. The topological polar surface area (TPSA) is 40.5 Å². The summed E-state index contributed by atoms with van der Waals surface area (Å²) in [7, 11) is 0. The minimum Gasteiger partial charge on any atom is -0.381 e. The molecule has 1 aliphatic heterocycles. The fourth-order valence-electron chi connectivity index (χ4n) is 2.08. The SMILES string of the molecule is CC(C)(C)[C@H]1[C@@H](O)C(=O)N1C(C)(C)C. The number of rotatable bonds is 0. The van der Waals surface area contributed by atoms with Crippen LogP contribution in [-0.4, -0.2) is 33.6 Å². The molecule has 0 radical (unpaired) electrons.